The van der Waals surface area contributed by atoms with Crippen LogP contribution in [0.5, 0.6) is 0 Å². The summed E-state index contributed by atoms with van der Waals surface area (Å²) in [6.07, 6.45) is 5.71. The van der Waals surface area contributed by atoms with Crippen molar-refractivity contribution in [3.8, 4) is 0 Å². The maximum absolute atomic E-state index is 5.43. The Morgan fingerprint density at radius 3 is 3.00 bits per heavy atom. The fourth-order valence-corrected chi connectivity index (χ4v) is 0.970. The Kier molecular flexibility index (Phi) is 2.37. The van der Waals surface area contributed by atoms with Crippen molar-refractivity contribution >= 4 is 20.0 Å². The van der Waals surface area contributed by atoms with Gasteiger partial charge in [-0.1, -0.05) is 12.2 Å². The van der Waals surface area contributed by atoms with Gasteiger partial charge in [-0.25, -0.2) is 0 Å². The van der Waals surface area contributed by atoms with Crippen LogP contribution in [0.1, 0.15) is 6.92 Å². The molecule has 0 atom stereocenters. The van der Waals surface area contributed by atoms with Crippen LogP contribution in [-0.2, 0) is 0 Å². The number of rotatable bonds is 1. The molecule has 0 aromatic carbocycles. The van der Waals surface area contributed by atoms with Crippen LogP contribution in [0.3, 0.4) is 0 Å². The third-order valence-corrected chi connectivity index (χ3v) is 1.44. The molecular formula is C9H10BN. The standard InChI is InChI=1S/C9H10BN/c1-3-9-8(4-5-11-9)6-7(2)10/h3-6,11H,2H2,1H3/b8-6-,9-3+. The number of hydrogen-bond donors (Lipinski definition) is 1. The van der Waals surface area contributed by atoms with E-state index >= 15 is 0 Å². The Bertz CT molecular complexity index is 359. The highest BCUT2D eigenvalue weighted by Gasteiger charge is 1.82. The van der Waals surface area contributed by atoms with Crippen molar-refractivity contribution in [2.75, 3.05) is 0 Å². The minimum atomic E-state index is 0.577. The van der Waals surface area contributed by atoms with E-state index in [1.54, 1.807) is 0 Å². The molecule has 0 amide bonds. The molecule has 1 aromatic rings. The highest BCUT2D eigenvalue weighted by atomic mass is 14.6. The Hall–Kier alpha value is -1.18. The van der Waals surface area contributed by atoms with E-state index in [0.717, 1.165) is 10.6 Å². The lowest BCUT2D eigenvalue weighted by Crippen LogP contribution is -2.21. The van der Waals surface area contributed by atoms with Crippen LogP contribution in [0.15, 0.2) is 24.3 Å². The van der Waals surface area contributed by atoms with Gasteiger partial charge in [-0.05, 0) is 18.2 Å². The highest BCUT2D eigenvalue weighted by molar-refractivity contribution is 6.26. The summed E-state index contributed by atoms with van der Waals surface area (Å²) < 4.78 is 0. The van der Waals surface area contributed by atoms with Gasteiger partial charge in [0.1, 0.15) is 7.85 Å². The molecule has 1 aromatic heterocycles. The maximum atomic E-state index is 5.43. The first-order chi connectivity index (χ1) is 5.24. The molecule has 2 heteroatoms. The fourth-order valence-electron chi connectivity index (χ4n) is 0.970. The highest BCUT2D eigenvalue weighted by Crippen LogP contribution is 1.79. The van der Waals surface area contributed by atoms with Crippen molar-refractivity contribution in [2.24, 2.45) is 0 Å². The molecule has 0 bridgehead atoms. The maximum Gasteiger partial charge on any atom is 0.113 e. The lowest BCUT2D eigenvalue weighted by molar-refractivity contribution is 1.31. The summed E-state index contributed by atoms with van der Waals surface area (Å²) in [6.45, 7) is 5.57. The van der Waals surface area contributed by atoms with Crippen LogP contribution in [-0.4, -0.2) is 12.8 Å². The Morgan fingerprint density at radius 2 is 2.45 bits per heavy atom. The van der Waals surface area contributed by atoms with Gasteiger partial charge >= 0.3 is 0 Å². The van der Waals surface area contributed by atoms with Gasteiger partial charge in [-0.15, -0.1) is 12.1 Å². The normalized spacial score (nSPS) is 13.9. The van der Waals surface area contributed by atoms with Gasteiger partial charge in [-0.3, -0.25) is 0 Å². The molecule has 0 unspecified atom stereocenters. The van der Waals surface area contributed by atoms with Gasteiger partial charge in [0, 0.05) is 11.5 Å². The zero-order valence-corrected chi connectivity index (χ0v) is 6.59. The molecule has 1 heterocycles. The molecule has 0 fully saturated rings. The van der Waals surface area contributed by atoms with E-state index in [2.05, 4.69) is 11.6 Å². The lowest BCUT2D eigenvalue weighted by atomic mass is 9.97. The molecule has 54 valence electrons. The summed E-state index contributed by atoms with van der Waals surface area (Å²) in [7, 11) is 5.43. The molecular weight excluding hydrogens is 133 g/mol. The summed E-state index contributed by atoms with van der Waals surface area (Å²) in [5.41, 5.74) is 0.577. The number of aromatic amines is 1. The summed E-state index contributed by atoms with van der Waals surface area (Å²) in [5, 5.41) is 2.16. The molecule has 1 nitrogen and oxygen atoms in total. The second-order valence-electron chi connectivity index (χ2n) is 2.35. The second kappa shape index (κ2) is 3.29. The monoisotopic (exact) mass is 143 g/mol. The molecule has 0 aliphatic heterocycles. The van der Waals surface area contributed by atoms with Gasteiger partial charge in [0.25, 0.3) is 0 Å². The topological polar surface area (TPSA) is 15.8 Å². The van der Waals surface area contributed by atoms with Gasteiger partial charge in [-0.2, -0.15) is 0 Å². The first-order valence-electron chi connectivity index (χ1n) is 3.50. The number of aromatic nitrogens is 1. The molecule has 0 aliphatic carbocycles. The van der Waals surface area contributed by atoms with Crippen LogP contribution in [0.4, 0.5) is 0 Å². The Morgan fingerprint density at radius 1 is 1.73 bits per heavy atom. The zero-order chi connectivity index (χ0) is 8.27. The van der Waals surface area contributed by atoms with Crippen LogP contribution in [0.25, 0.3) is 12.2 Å². The largest absolute Gasteiger partial charge is 0.361 e. The fraction of sp³-hybridized carbons (Fsp3) is 0.111. The summed E-state index contributed by atoms with van der Waals surface area (Å²) in [4.78, 5) is 3.08. The average Bonchev–Trinajstić information content (AvgIpc) is 2.34. The van der Waals surface area contributed by atoms with Gasteiger partial charge in [0.15, 0.2) is 0 Å². The van der Waals surface area contributed by atoms with Crippen LogP contribution >= 0.6 is 0 Å². The van der Waals surface area contributed by atoms with E-state index in [1.807, 2.05) is 31.3 Å². The molecule has 2 radical (unpaired) electrons. The SMILES string of the molecule is [B]C(=C)/C=c1/cc[nH]/c1=C/C. The Balaban J connectivity index is 3.35. The average molecular weight is 143 g/mol. The molecule has 0 saturated carbocycles. The van der Waals surface area contributed by atoms with Crippen molar-refractivity contribution in [1.29, 1.82) is 0 Å². The third kappa shape index (κ3) is 1.87. The first kappa shape index (κ1) is 7.93. The first-order valence-corrected chi connectivity index (χ1v) is 3.50. The van der Waals surface area contributed by atoms with Gasteiger partial charge < -0.3 is 4.98 Å². The number of nitrogens with one attached hydrogen (secondary N) is 1. The minimum Gasteiger partial charge on any atom is -0.361 e. The predicted molar refractivity (Wildman–Crippen MR) is 49.5 cm³/mol. The van der Waals surface area contributed by atoms with Crippen molar-refractivity contribution < 1.29 is 0 Å². The van der Waals surface area contributed by atoms with E-state index in [4.69, 9.17) is 7.85 Å². The van der Waals surface area contributed by atoms with E-state index in [-0.39, 0.29) is 0 Å². The zero-order valence-electron chi connectivity index (χ0n) is 6.59. The molecule has 0 saturated heterocycles. The quantitative estimate of drug-likeness (QED) is 0.543. The number of hydrogen-bond acceptors (Lipinski definition) is 0. The van der Waals surface area contributed by atoms with Crippen LogP contribution in [0, 0.1) is 0 Å². The number of allylic oxidation sites excluding steroid dienone is 1. The molecule has 0 spiro atoms. The van der Waals surface area contributed by atoms with E-state index < -0.39 is 0 Å². The van der Waals surface area contributed by atoms with Crippen LogP contribution < -0.4 is 10.6 Å². The van der Waals surface area contributed by atoms with Crippen molar-refractivity contribution in [3.63, 3.8) is 0 Å². The summed E-state index contributed by atoms with van der Waals surface area (Å²) in [5.74, 6) is 0. The molecule has 1 N–H and O–H groups in total. The Labute approximate surface area is 67.5 Å². The van der Waals surface area contributed by atoms with Crippen molar-refractivity contribution in [2.45, 2.75) is 6.92 Å². The molecule has 1 rings (SSSR count). The van der Waals surface area contributed by atoms with Gasteiger partial charge in [0.05, 0.1) is 0 Å². The molecule has 0 aliphatic rings. The van der Waals surface area contributed by atoms with Gasteiger partial charge in [0.2, 0.25) is 0 Å². The van der Waals surface area contributed by atoms with E-state index in [0.29, 0.717) is 5.47 Å². The minimum absolute atomic E-state index is 0.577. The molecule has 11 heavy (non-hydrogen) atoms. The van der Waals surface area contributed by atoms with E-state index in [1.165, 1.54) is 0 Å². The lowest BCUT2D eigenvalue weighted by Gasteiger charge is -1.82. The summed E-state index contributed by atoms with van der Waals surface area (Å²) in [6, 6.07) is 1.97. The summed E-state index contributed by atoms with van der Waals surface area (Å²) >= 11 is 0. The van der Waals surface area contributed by atoms with Crippen LogP contribution in [0.2, 0.25) is 0 Å². The van der Waals surface area contributed by atoms with E-state index in [9.17, 15) is 0 Å². The number of H-pyrrole nitrogens is 1. The van der Waals surface area contributed by atoms with Crippen molar-refractivity contribution in [1.82, 2.24) is 4.98 Å². The van der Waals surface area contributed by atoms with Crippen molar-refractivity contribution in [3.05, 3.63) is 34.9 Å². The predicted octanol–water partition coefficient (Wildman–Crippen LogP) is 0.278. The second-order valence-corrected chi connectivity index (χ2v) is 2.35. The smallest absolute Gasteiger partial charge is 0.113 e. The third-order valence-electron chi connectivity index (χ3n) is 1.44.